The van der Waals surface area contributed by atoms with Gasteiger partial charge in [0.05, 0.1) is 19.1 Å². The van der Waals surface area contributed by atoms with E-state index in [0.717, 1.165) is 5.69 Å². The maximum absolute atomic E-state index is 12.4. The van der Waals surface area contributed by atoms with Gasteiger partial charge in [-0.25, -0.2) is 4.79 Å². The highest BCUT2D eigenvalue weighted by molar-refractivity contribution is 5.95. The zero-order chi connectivity index (χ0) is 17.9. The van der Waals surface area contributed by atoms with Crippen LogP contribution in [0.2, 0.25) is 0 Å². The van der Waals surface area contributed by atoms with Crippen molar-refractivity contribution in [3.8, 4) is 0 Å². The van der Waals surface area contributed by atoms with Crippen LogP contribution >= 0.6 is 0 Å². The highest BCUT2D eigenvalue weighted by Crippen LogP contribution is 2.26. The fourth-order valence-corrected chi connectivity index (χ4v) is 2.87. The molecule has 0 spiro atoms. The molecule has 24 heavy (non-hydrogen) atoms. The molecule has 0 bridgehead atoms. The van der Waals surface area contributed by atoms with Crippen LogP contribution in [0.4, 0.5) is 24.5 Å². The normalized spacial score (nSPS) is 19.4. The molecule has 1 unspecified atom stereocenters. The Morgan fingerprint density at radius 2 is 2.08 bits per heavy atom. The van der Waals surface area contributed by atoms with Crippen LogP contribution in [0.1, 0.15) is 23.7 Å². The monoisotopic (exact) mass is 345 g/mol. The number of hydrogen-bond acceptors (Lipinski definition) is 5. The minimum Gasteiger partial charge on any atom is -0.465 e. The SMILES string of the molecule is COC(=O)c1ccc(N2CCN(CCC(F)(F)F)C(C)C2)cc1N. The molecule has 0 saturated carbocycles. The lowest BCUT2D eigenvalue weighted by atomic mass is 10.1. The summed E-state index contributed by atoms with van der Waals surface area (Å²) < 4.78 is 41.8. The van der Waals surface area contributed by atoms with E-state index < -0.39 is 18.6 Å². The molecule has 1 saturated heterocycles. The number of piperazine rings is 1. The first-order chi connectivity index (χ1) is 11.2. The van der Waals surface area contributed by atoms with Crippen molar-refractivity contribution < 1.29 is 22.7 Å². The van der Waals surface area contributed by atoms with Crippen LogP contribution in [0.5, 0.6) is 0 Å². The molecule has 1 aromatic carbocycles. The summed E-state index contributed by atoms with van der Waals surface area (Å²) in [5.74, 6) is -0.496. The Balaban J connectivity index is 2.00. The summed E-state index contributed by atoms with van der Waals surface area (Å²) in [7, 11) is 1.29. The molecule has 5 nitrogen and oxygen atoms in total. The standard InChI is InChI=1S/C16H22F3N3O2/c1-11-10-22(8-7-21(11)6-5-16(17,18)19)12-3-4-13(14(20)9-12)15(23)24-2/h3-4,9,11H,5-8,10,20H2,1-2H3. The molecule has 0 aliphatic carbocycles. The lowest BCUT2D eigenvalue weighted by Gasteiger charge is -2.41. The van der Waals surface area contributed by atoms with Crippen LogP contribution in [0.25, 0.3) is 0 Å². The summed E-state index contributed by atoms with van der Waals surface area (Å²) in [6.45, 7) is 3.70. The van der Waals surface area contributed by atoms with Gasteiger partial charge in [-0.2, -0.15) is 13.2 Å². The van der Waals surface area contributed by atoms with Crippen LogP contribution in [0, 0.1) is 0 Å². The van der Waals surface area contributed by atoms with Gasteiger partial charge in [-0.3, -0.25) is 4.90 Å². The van der Waals surface area contributed by atoms with E-state index in [0.29, 0.717) is 30.9 Å². The van der Waals surface area contributed by atoms with E-state index in [1.54, 1.807) is 18.2 Å². The lowest BCUT2D eigenvalue weighted by Crippen LogP contribution is -2.52. The highest BCUT2D eigenvalue weighted by atomic mass is 19.4. The van der Waals surface area contributed by atoms with E-state index in [4.69, 9.17) is 5.73 Å². The Kier molecular flexibility index (Phi) is 5.58. The van der Waals surface area contributed by atoms with Gasteiger partial charge in [0.25, 0.3) is 0 Å². The molecule has 2 N–H and O–H groups in total. The molecule has 134 valence electrons. The number of nitrogen functional groups attached to an aromatic ring is 1. The van der Waals surface area contributed by atoms with Gasteiger partial charge < -0.3 is 15.4 Å². The molecule has 1 heterocycles. The van der Waals surface area contributed by atoms with E-state index in [-0.39, 0.29) is 12.6 Å². The summed E-state index contributed by atoms with van der Waals surface area (Å²) in [4.78, 5) is 15.5. The van der Waals surface area contributed by atoms with Gasteiger partial charge in [0.2, 0.25) is 0 Å². The largest absolute Gasteiger partial charge is 0.465 e. The van der Waals surface area contributed by atoms with Crippen molar-refractivity contribution in [2.75, 3.05) is 43.9 Å². The number of carbonyl (C=O) groups excluding carboxylic acids is 1. The van der Waals surface area contributed by atoms with Gasteiger partial charge in [0.15, 0.2) is 0 Å². The fraction of sp³-hybridized carbons (Fsp3) is 0.562. The molecule has 1 aromatic rings. The smallest absolute Gasteiger partial charge is 0.390 e. The van der Waals surface area contributed by atoms with Crippen molar-refractivity contribution in [1.82, 2.24) is 4.90 Å². The molecule has 0 aromatic heterocycles. The topological polar surface area (TPSA) is 58.8 Å². The molecule has 2 rings (SSSR count). The van der Waals surface area contributed by atoms with Crippen molar-refractivity contribution in [1.29, 1.82) is 0 Å². The molecule has 1 aliphatic heterocycles. The predicted octanol–water partition coefficient (Wildman–Crippen LogP) is 2.52. The number of halogens is 3. The minimum atomic E-state index is -4.13. The number of rotatable bonds is 4. The van der Waals surface area contributed by atoms with Crippen molar-refractivity contribution >= 4 is 17.3 Å². The Morgan fingerprint density at radius 1 is 1.38 bits per heavy atom. The van der Waals surface area contributed by atoms with Gasteiger partial charge >= 0.3 is 12.1 Å². The third-order valence-corrected chi connectivity index (χ3v) is 4.25. The second-order valence-corrected chi connectivity index (χ2v) is 5.96. The summed E-state index contributed by atoms with van der Waals surface area (Å²) in [5.41, 5.74) is 7.38. The zero-order valence-electron chi connectivity index (χ0n) is 13.8. The summed E-state index contributed by atoms with van der Waals surface area (Å²) in [6, 6.07) is 5.09. The first-order valence-electron chi connectivity index (χ1n) is 7.75. The second-order valence-electron chi connectivity index (χ2n) is 5.96. The number of methoxy groups -OCH3 is 1. The third kappa shape index (κ3) is 4.53. The number of carbonyl (C=O) groups is 1. The number of ether oxygens (including phenoxy) is 1. The molecule has 0 amide bonds. The van der Waals surface area contributed by atoms with Gasteiger partial charge in [0.1, 0.15) is 0 Å². The van der Waals surface area contributed by atoms with Crippen molar-refractivity contribution in [2.45, 2.75) is 25.6 Å². The number of hydrogen-bond donors (Lipinski definition) is 1. The first kappa shape index (κ1) is 18.4. The number of benzene rings is 1. The van der Waals surface area contributed by atoms with Crippen molar-refractivity contribution in [3.63, 3.8) is 0 Å². The Bertz CT molecular complexity index is 592. The maximum atomic E-state index is 12.4. The average Bonchev–Trinajstić information content (AvgIpc) is 2.52. The van der Waals surface area contributed by atoms with Crippen LogP contribution in [-0.2, 0) is 4.74 Å². The van der Waals surface area contributed by atoms with Crippen LogP contribution < -0.4 is 10.6 Å². The summed E-state index contributed by atoms with van der Waals surface area (Å²) in [5, 5.41) is 0. The van der Waals surface area contributed by atoms with E-state index in [2.05, 4.69) is 9.64 Å². The maximum Gasteiger partial charge on any atom is 0.390 e. The number of alkyl halides is 3. The Hall–Kier alpha value is -1.96. The van der Waals surface area contributed by atoms with E-state index in [1.165, 1.54) is 7.11 Å². The number of esters is 1. The molecule has 1 aliphatic rings. The fourth-order valence-electron chi connectivity index (χ4n) is 2.87. The Morgan fingerprint density at radius 3 is 2.62 bits per heavy atom. The average molecular weight is 345 g/mol. The van der Waals surface area contributed by atoms with E-state index in [1.807, 2.05) is 11.8 Å². The highest BCUT2D eigenvalue weighted by Gasteiger charge is 2.31. The van der Waals surface area contributed by atoms with Gasteiger partial charge in [-0.15, -0.1) is 0 Å². The van der Waals surface area contributed by atoms with Gasteiger partial charge in [0, 0.05) is 43.6 Å². The molecule has 1 atom stereocenters. The number of nitrogens with two attached hydrogens (primary N) is 1. The van der Waals surface area contributed by atoms with E-state index in [9.17, 15) is 18.0 Å². The lowest BCUT2D eigenvalue weighted by molar-refractivity contribution is -0.139. The van der Waals surface area contributed by atoms with Crippen molar-refractivity contribution in [3.05, 3.63) is 23.8 Å². The molecular weight excluding hydrogens is 323 g/mol. The third-order valence-electron chi connectivity index (χ3n) is 4.25. The predicted molar refractivity (Wildman–Crippen MR) is 86.1 cm³/mol. The van der Waals surface area contributed by atoms with Crippen LogP contribution in [0.3, 0.4) is 0 Å². The van der Waals surface area contributed by atoms with Crippen LogP contribution in [-0.4, -0.2) is 56.4 Å². The quantitative estimate of drug-likeness (QED) is 0.671. The minimum absolute atomic E-state index is 0.00241. The van der Waals surface area contributed by atoms with Crippen LogP contribution in [0.15, 0.2) is 18.2 Å². The first-order valence-corrected chi connectivity index (χ1v) is 7.75. The van der Waals surface area contributed by atoms with Gasteiger partial charge in [-0.1, -0.05) is 0 Å². The van der Waals surface area contributed by atoms with E-state index >= 15 is 0 Å². The molecular formula is C16H22F3N3O2. The number of anilines is 2. The Labute approximate surface area is 139 Å². The second kappa shape index (κ2) is 7.29. The molecule has 1 fully saturated rings. The number of nitrogens with zero attached hydrogens (tertiary/aromatic N) is 2. The van der Waals surface area contributed by atoms with Crippen molar-refractivity contribution in [2.24, 2.45) is 0 Å². The zero-order valence-corrected chi connectivity index (χ0v) is 13.8. The summed E-state index contributed by atoms with van der Waals surface area (Å²) >= 11 is 0. The summed E-state index contributed by atoms with van der Waals surface area (Å²) in [6.07, 6.45) is -4.92. The van der Waals surface area contributed by atoms with Gasteiger partial charge in [-0.05, 0) is 25.1 Å². The molecule has 0 radical (unpaired) electrons. The molecule has 8 heteroatoms.